The number of nitrogens with zero attached hydrogens (tertiary/aromatic N) is 5. The standard InChI is InChI=1S/C26H35N8O4S/c1-19-10-12-21(13-11-19)30-25(36)22(8-5-6-14-27)31-24(35)9-4-3-7-15-34-18-23(32-33-34)20-16-28-26(29-17-20)39(2,37)38/h10-13,16-18,22H,1,3-9,14-15,27H2,2H3,(H,30,36)(H,31,35)/t22-/m0/s1. The minimum atomic E-state index is -3.47. The first kappa shape index (κ1) is 29.8. The van der Waals surface area contributed by atoms with Crippen molar-refractivity contribution < 1.29 is 18.0 Å². The molecule has 209 valence electrons. The molecule has 0 fully saturated rings. The fourth-order valence-electron chi connectivity index (χ4n) is 3.76. The van der Waals surface area contributed by atoms with Gasteiger partial charge in [0.1, 0.15) is 11.7 Å². The van der Waals surface area contributed by atoms with Gasteiger partial charge < -0.3 is 16.4 Å². The number of anilines is 1. The molecule has 0 aliphatic carbocycles. The summed E-state index contributed by atoms with van der Waals surface area (Å²) in [6.45, 7) is 4.97. The fraction of sp³-hybridized carbons (Fsp3) is 0.423. The van der Waals surface area contributed by atoms with Crippen LogP contribution >= 0.6 is 0 Å². The lowest BCUT2D eigenvalue weighted by Crippen LogP contribution is -2.43. The van der Waals surface area contributed by atoms with Gasteiger partial charge in [-0.25, -0.2) is 18.4 Å². The summed E-state index contributed by atoms with van der Waals surface area (Å²) >= 11 is 0. The Kier molecular flexibility index (Phi) is 11.1. The molecule has 3 rings (SSSR count). The highest BCUT2D eigenvalue weighted by molar-refractivity contribution is 7.90. The van der Waals surface area contributed by atoms with Crippen molar-refractivity contribution in [3.63, 3.8) is 0 Å². The van der Waals surface area contributed by atoms with Gasteiger partial charge in [0.05, 0.1) is 6.20 Å². The van der Waals surface area contributed by atoms with Gasteiger partial charge in [0, 0.05) is 42.9 Å². The molecule has 0 saturated carbocycles. The van der Waals surface area contributed by atoms with Gasteiger partial charge in [-0.2, -0.15) is 0 Å². The highest BCUT2D eigenvalue weighted by Crippen LogP contribution is 2.15. The third-order valence-electron chi connectivity index (χ3n) is 5.91. The lowest BCUT2D eigenvalue weighted by atomic mass is 10.1. The van der Waals surface area contributed by atoms with Crippen LogP contribution in [0, 0.1) is 6.92 Å². The molecule has 0 aliphatic rings. The molecule has 1 atom stereocenters. The van der Waals surface area contributed by atoms with Crippen molar-refractivity contribution in [2.75, 3.05) is 18.1 Å². The number of carbonyl (C=O) groups is 2. The zero-order chi connectivity index (χ0) is 28.3. The van der Waals surface area contributed by atoms with E-state index in [1.807, 2.05) is 12.1 Å². The minimum Gasteiger partial charge on any atom is -0.344 e. The van der Waals surface area contributed by atoms with Crippen LogP contribution in [0.3, 0.4) is 0 Å². The lowest BCUT2D eigenvalue weighted by Gasteiger charge is -2.18. The summed E-state index contributed by atoms with van der Waals surface area (Å²) < 4.78 is 24.7. The summed E-state index contributed by atoms with van der Waals surface area (Å²) in [6, 6.07) is 6.54. The molecule has 0 spiro atoms. The molecule has 1 radical (unpaired) electrons. The second kappa shape index (κ2) is 14.4. The second-order valence-electron chi connectivity index (χ2n) is 9.29. The molecule has 12 nitrogen and oxygen atoms in total. The Labute approximate surface area is 228 Å². The van der Waals surface area contributed by atoms with E-state index in [4.69, 9.17) is 5.73 Å². The summed E-state index contributed by atoms with van der Waals surface area (Å²) in [5.41, 5.74) is 8.19. The van der Waals surface area contributed by atoms with E-state index in [9.17, 15) is 18.0 Å². The molecule has 2 amide bonds. The Balaban J connectivity index is 1.42. The van der Waals surface area contributed by atoms with Crippen molar-refractivity contribution in [2.45, 2.75) is 62.7 Å². The van der Waals surface area contributed by atoms with Crippen LogP contribution in [0.4, 0.5) is 5.69 Å². The number of hydrogen-bond acceptors (Lipinski definition) is 9. The van der Waals surface area contributed by atoms with Gasteiger partial charge >= 0.3 is 0 Å². The van der Waals surface area contributed by atoms with E-state index in [0.29, 0.717) is 49.3 Å². The number of benzene rings is 1. The summed E-state index contributed by atoms with van der Waals surface area (Å²) in [6.07, 6.45) is 10.2. The quantitative estimate of drug-likeness (QED) is 0.187. The number of aromatic nitrogens is 5. The van der Waals surface area contributed by atoms with E-state index >= 15 is 0 Å². The third-order valence-corrected chi connectivity index (χ3v) is 6.78. The predicted molar refractivity (Wildman–Crippen MR) is 147 cm³/mol. The molecule has 39 heavy (non-hydrogen) atoms. The maximum Gasteiger partial charge on any atom is 0.246 e. The summed E-state index contributed by atoms with van der Waals surface area (Å²) in [5.74, 6) is -0.424. The van der Waals surface area contributed by atoms with Crippen LogP contribution in [0.15, 0.2) is 48.0 Å². The molecule has 0 unspecified atom stereocenters. The zero-order valence-corrected chi connectivity index (χ0v) is 22.9. The third kappa shape index (κ3) is 9.84. The molecule has 3 aromatic rings. The first-order chi connectivity index (χ1) is 18.7. The van der Waals surface area contributed by atoms with E-state index in [1.54, 1.807) is 23.0 Å². The van der Waals surface area contributed by atoms with Crippen LogP contribution in [0.25, 0.3) is 11.3 Å². The van der Waals surface area contributed by atoms with Gasteiger partial charge in [0.2, 0.25) is 26.8 Å². The lowest BCUT2D eigenvalue weighted by molar-refractivity contribution is -0.126. The Morgan fingerprint density at radius 1 is 1.05 bits per heavy atom. The maximum atomic E-state index is 12.8. The Morgan fingerprint density at radius 3 is 2.44 bits per heavy atom. The molecule has 4 N–H and O–H groups in total. The highest BCUT2D eigenvalue weighted by Gasteiger charge is 2.20. The van der Waals surface area contributed by atoms with Crippen LogP contribution in [-0.4, -0.2) is 64.0 Å². The SMILES string of the molecule is [CH2]c1ccc(NC(=O)[C@H](CCCCN)NC(=O)CCCCCn2cc(-c3cnc(S(C)(=O)=O)nc3)nn2)cc1. The minimum absolute atomic E-state index is 0.170. The number of amides is 2. The number of rotatable bonds is 15. The van der Waals surface area contributed by atoms with Gasteiger partial charge in [-0.15, -0.1) is 5.10 Å². The van der Waals surface area contributed by atoms with E-state index in [1.165, 1.54) is 12.4 Å². The molecule has 13 heteroatoms. The molecule has 2 aromatic heterocycles. The van der Waals surface area contributed by atoms with Crippen molar-refractivity contribution in [1.82, 2.24) is 30.3 Å². The number of unbranched alkanes of at least 4 members (excludes halogenated alkanes) is 3. The van der Waals surface area contributed by atoms with Gasteiger partial charge in [-0.3, -0.25) is 14.3 Å². The number of carbonyl (C=O) groups excluding carboxylic acids is 2. The molecule has 0 saturated heterocycles. The Bertz CT molecular complexity index is 1320. The van der Waals surface area contributed by atoms with Crippen molar-refractivity contribution in [1.29, 1.82) is 0 Å². The number of aryl methyl sites for hydroxylation is 1. The van der Waals surface area contributed by atoms with Crippen LogP contribution < -0.4 is 16.4 Å². The number of nitrogens with two attached hydrogens (primary N) is 1. The van der Waals surface area contributed by atoms with Gasteiger partial charge in [0.15, 0.2) is 0 Å². The number of nitrogens with one attached hydrogen (secondary N) is 2. The maximum absolute atomic E-state index is 12.8. The van der Waals surface area contributed by atoms with Crippen LogP contribution in [0.5, 0.6) is 0 Å². The van der Waals surface area contributed by atoms with Gasteiger partial charge in [-0.1, -0.05) is 23.8 Å². The topological polar surface area (TPSA) is 175 Å². The van der Waals surface area contributed by atoms with E-state index in [2.05, 4.69) is 37.8 Å². The van der Waals surface area contributed by atoms with Crippen molar-refractivity contribution in [3.8, 4) is 11.3 Å². The molecule has 0 bridgehead atoms. The van der Waals surface area contributed by atoms with E-state index in [-0.39, 0.29) is 17.0 Å². The van der Waals surface area contributed by atoms with Crippen LogP contribution in [-0.2, 0) is 26.0 Å². The summed E-state index contributed by atoms with van der Waals surface area (Å²) in [7, 11) is -3.47. The van der Waals surface area contributed by atoms with E-state index < -0.39 is 15.9 Å². The average Bonchev–Trinajstić information content (AvgIpc) is 3.38. The fourth-order valence-corrected chi connectivity index (χ4v) is 4.25. The Hall–Kier alpha value is -3.71. The molecular weight excluding hydrogens is 520 g/mol. The monoisotopic (exact) mass is 555 g/mol. The van der Waals surface area contributed by atoms with Gasteiger partial charge in [-0.05, 0) is 63.3 Å². The van der Waals surface area contributed by atoms with Crippen LogP contribution in [0.1, 0.15) is 50.5 Å². The second-order valence-corrected chi connectivity index (χ2v) is 11.2. The number of sulfone groups is 1. The highest BCUT2D eigenvalue weighted by atomic mass is 32.2. The van der Waals surface area contributed by atoms with Crippen molar-refractivity contribution in [2.24, 2.45) is 5.73 Å². The Morgan fingerprint density at radius 2 is 1.77 bits per heavy atom. The summed E-state index contributed by atoms with van der Waals surface area (Å²) in [5, 5.41) is 13.7. The summed E-state index contributed by atoms with van der Waals surface area (Å²) in [4.78, 5) is 33.1. The van der Waals surface area contributed by atoms with Crippen LogP contribution in [0.2, 0.25) is 0 Å². The van der Waals surface area contributed by atoms with E-state index in [0.717, 1.165) is 37.5 Å². The average molecular weight is 556 g/mol. The normalized spacial score (nSPS) is 12.2. The first-order valence-corrected chi connectivity index (χ1v) is 14.7. The molecule has 2 heterocycles. The largest absolute Gasteiger partial charge is 0.344 e. The first-order valence-electron chi connectivity index (χ1n) is 12.8. The smallest absolute Gasteiger partial charge is 0.246 e. The molecule has 1 aromatic carbocycles. The molecule has 0 aliphatic heterocycles. The zero-order valence-electron chi connectivity index (χ0n) is 22.0. The predicted octanol–water partition coefficient (Wildman–Crippen LogP) is 2.13. The number of hydrogen-bond donors (Lipinski definition) is 3. The molecular formula is C26H35N8O4S. The van der Waals surface area contributed by atoms with Crippen molar-refractivity contribution >= 4 is 27.3 Å². The van der Waals surface area contributed by atoms with Crippen molar-refractivity contribution in [3.05, 3.63) is 55.3 Å². The van der Waals surface area contributed by atoms with Gasteiger partial charge in [0.25, 0.3) is 0 Å².